The topological polar surface area (TPSA) is 26.3 Å². The van der Waals surface area contributed by atoms with Crippen molar-refractivity contribution in [2.24, 2.45) is 0 Å². The molecule has 2 nitrogen and oxygen atoms in total. The maximum absolute atomic E-state index is 10.3. The van der Waals surface area contributed by atoms with E-state index in [1.54, 1.807) is 0 Å². The molecule has 1 aromatic rings. The number of ether oxygens (including phenoxy) is 1. The molecule has 3 heteroatoms. The van der Waals surface area contributed by atoms with Gasteiger partial charge >= 0.3 is 0 Å². The van der Waals surface area contributed by atoms with Crippen molar-refractivity contribution >= 4 is 16.8 Å². The highest BCUT2D eigenvalue weighted by molar-refractivity contribution is 6.63. The van der Waals surface area contributed by atoms with Crippen LogP contribution >= 0.6 is 11.6 Å². The van der Waals surface area contributed by atoms with Crippen LogP contribution in [0.1, 0.15) is 11.1 Å². The second kappa shape index (κ2) is 5.00. The van der Waals surface area contributed by atoms with Crippen LogP contribution in [0.2, 0.25) is 0 Å². The zero-order valence-corrected chi connectivity index (χ0v) is 8.17. The minimum atomic E-state index is -0.465. The molecular weight excluding hydrogens is 188 g/mol. The molecule has 0 aliphatic heterocycles. The summed E-state index contributed by atoms with van der Waals surface area (Å²) < 4.78 is 5.05. The molecule has 0 aromatic heterocycles. The van der Waals surface area contributed by atoms with E-state index in [-0.39, 0.29) is 6.61 Å². The molecule has 0 N–H and O–H groups in total. The number of carbonyl (C=O) groups is 1. The summed E-state index contributed by atoms with van der Waals surface area (Å²) in [5, 5.41) is -0.465. The van der Waals surface area contributed by atoms with Gasteiger partial charge in [-0.05, 0) is 24.1 Å². The summed E-state index contributed by atoms with van der Waals surface area (Å²) >= 11 is 5.11. The summed E-state index contributed by atoms with van der Waals surface area (Å²) in [6, 6.07) is 7.93. The highest BCUT2D eigenvalue weighted by Crippen LogP contribution is 2.05. The monoisotopic (exact) mass is 198 g/mol. The zero-order chi connectivity index (χ0) is 9.68. The average Bonchev–Trinajstić information content (AvgIpc) is 2.03. The van der Waals surface area contributed by atoms with Gasteiger partial charge in [0, 0.05) is 0 Å². The molecule has 70 valence electrons. The third-order valence-corrected chi connectivity index (χ3v) is 1.68. The van der Waals surface area contributed by atoms with E-state index in [4.69, 9.17) is 16.3 Å². The van der Waals surface area contributed by atoms with Crippen molar-refractivity contribution in [2.75, 3.05) is 6.61 Å². The Morgan fingerprint density at radius 2 is 2.31 bits per heavy atom. The predicted molar refractivity (Wildman–Crippen MR) is 51.7 cm³/mol. The Bertz CT molecular complexity index is 297. The van der Waals surface area contributed by atoms with E-state index in [1.807, 2.05) is 31.2 Å². The largest absolute Gasteiger partial charge is 0.368 e. The molecule has 1 aromatic carbocycles. The summed E-state index contributed by atoms with van der Waals surface area (Å²) in [6.07, 6.45) is 0. The maximum atomic E-state index is 10.3. The van der Waals surface area contributed by atoms with Gasteiger partial charge < -0.3 is 4.74 Å². The van der Waals surface area contributed by atoms with E-state index in [2.05, 4.69) is 0 Å². The zero-order valence-electron chi connectivity index (χ0n) is 7.42. The molecule has 0 bridgehead atoms. The Morgan fingerprint density at radius 1 is 1.54 bits per heavy atom. The average molecular weight is 199 g/mol. The van der Waals surface area contributed by atoms with Gasteiger partial charge in [0.2, 0.25) is 5.24 Å². The molecule has 0 spiro atoms. The molecule has 0 radical (unpaired) electrons. The standard InChI is InChI=1S/C10H11ClO2/c1-8-3-2-4-9(5-8)6-13-7-10(11)12/h2-5H,6-7H2,1H3. The molecule has 0 unspecified atom stereocenters. The van der Waals surface area contributed by atoms with Crippen LogP contribution in [0.15, 0.2) is 24.3 Å². The first-order valence-electron chi connectivity index (χ1n) is 4.00. The van der Waals surface area contributed by atoms with Crippen LogP contribution < -0.4 is 0 Å². The minimum Gasteiger partial charge on any atom is -0.368 e. The van der Waals surface area contributed by atoms with Crippen LogP contribution in [0, 0.1) is 6.92 Å². The lowest BCUT2D eigenvalue weighted by Gasteiger charge is -2.01. The molecule has 0 aliphatic carbocycles. The highest BCUT2D eigenvalue weighted by Gasteiger charge is 1.97. The van der Waals surface area contributed by atoms with Crippen LogP contribution in [0.5, 0.6) is 0 Å². The second-order valence-corrected chi connectivity index (χ2v) is 3.26. The van der Waals surface area contributed by atoms with Gasteiger partial charge in [-0.1, -0.05) is 29.8 Å². The summed E-state index contributed by atoms with van der Waals surface area (Å²) in [5.74, 6) is 0. The third-order valence-electron chi connectivity index (χ3n) is 1.57. The molecule has 0 atom stereocenters. The fourth-order valence-corrected chi connectivity index (χ4v) is 1.13. The summed E-state index contributed by atoms with van der Waals surface area (Å²) in [6.45, 7) is 2.41. The Balaban J connectivity index is 2.41. The van der Waals surface area contributed by atoms with Crippen molar-refractivity contribution in [1.82, 2.24) is 0 Å². The maximum Gasteiger partial charge on any atom is 0.247 e. The fraction of sp³-hybridized carbons (Fsp3) is 0.300. The SMILES string of the molecule is Cc1cccc(COCC(=O)Cl)c1. The lowest BCUT2D eigenvalue weighted by Crippen LogP contribution is -2.01. The Labute approximate surface area is 82.5 Å². The smallest absolute Gasteiger partial charge is 0.247 e. The lowest BCUT2D eigenvalue weighted by atomic mass is 10.1. The highest BCUT2D eigenvalue weighted by atomic mass is 35.5. The summed E-state index contributed by atoms with van der Waals surface area (Å²) in [5.41, 5.74) is 2.23. The van der Waals surface area contributed by atoms with Crippen molar-refractivity contribution in [3.63, 3.8) is 0 Å². The van der Waals surface area contributed by atoms with Crippen LogP contribution in [-0.4, -0.2) is 11.8 Å². The molecular formula is C10H11ClO2. The number of halogens is 1. The molecule has 0 saturated carbocycles. The molecule has 1 rings (SSSR count). The molecule has 0 saturated heterocycles. The van der Waals surface area contributed by atoms with Gasteiger partial charge in [0.15, 0.2) is 0 Å². The number of benzene rings is 1. The number of hydrogen-bond donors (Lipinski definition) is 0. The first-order valence-corrected chi connectivity index (χ1v) is 4.38. The first-order chi connectivity index (χ1) is 6.18. The van der Waals surface area contributed by atoms with Crippen molar-refractivity contribution in [3.05, 3.63) is 35.4 Å². The lowest BCUT2D eigenvalue weighted by molar-refractivity contribution is -0.116. The molecule has 0 fully saturated rings. The predicted octanol–water partition coefficient (Wildman–Crippen LogP) is 2.28. The van der Waals surface area contributed by atoms with Crippen molar-refractivity contribution < 1.29 is 9.53 Å². The van der Waals surface area contributed by atoms with Crippen molar-refractivity contribution in [1.29, 1.82) is 0 Å². The van der Waals surface area contributed by atoms with Gasteiger partial charge in [-0.15, -0.1) is 0 Å². The quantitative estimate of drug-likeness (QED) is 0.694. The Morgan fingerprint density at radius 3 is 2.92 bits per heavy atom. The van der Waals surface area contributed by atoms with Crippen molar-refractivity contribution in [3.8, 4) is 0 Å². The van der Waals surface area contributed by atoms with E-state index in [9.17, 15) is 4.79 Å². The summed E-state index contributed by atoms with van der Waals surface area (Å²) in [7, 11) is 0. The molecule has 13 heavy (non-hydrogen) atoms. The number of hydrogen-bond acceptors (Lipinski definition) is 2. The van der Waals surface area contributed by atoms with Gasteiger partial charge in [0.25, 0.3) is 0 Å². The number of carbonyl (C=O) groups excluding carboxylic acids is 1. The van der Waals surface area contributed by atoms with Crippen LogP contribution in [0.3, 0.4) is 0 Å². The van der Waals surface area contributed by atoms with Crippen LogP contribution in [0.4, 0.5) is 0 Å². The van der Waals surface area contributed by atoms with Gasteiger partial charge in [-0.2, -0.15) is 0 Å². The van der Waals surface area contributed by atoms with Gasteiger partial charge in [-0.25, -0.2) is 0 Å². The Hall–Kier alpha value is -0.860. The van der Waals surface area contributed by atoms with Crippen LogP contribution in [-0.2, 0) is 16.1 Å². The van der Waals surface area contributed by atoms with Crippen LogP contribution in [0.25, 0.3) is 0 Å². The molecule has 0 amide bonds. The minimum absolute atomic E-state index is 0.0322. The van der Waals surface area contributed by atoms with E-state index < -0.39 is 5.24 Å². The molecule has 0 aliphatic rings. The first kappa shape index (κ1) is 10.2. The van der Waals surface area contributed by atoms with E-state index in [0.717, 1.165) is 5.56 Å². The van der Waals surface area contributed by atoms with E-state index in [0.29, 0.717) is 6.61 Å². The van der Waals surface area contributed by atoms with E-state index >= 15 is 0 Å². The Kier molecular flexibility index (Phi) is 3.93. The second-order valence-electron chi connectivity index (χ2n) is 2.84. The third kappa shape index (κ3) is 4.06. The van der Waals surface area contributed by atoms with E-state index in [1.165, 1.54) is 5.56 Å². The number of aryl methyl sites for hydroxylation is 1. The normalized spacial score (nSPS) is 10.0. The fourth-order valence-electron chi connectivity index (χ4n) is 1.05. The summed E-state index contributed by atoms with van der Waals surface area (Å²) in [4.78, 5) is 10.3. The number of rotatable bonds is 4. The van der Waals surface area contributed by atoms with Gasteiger partial charge in [0.05, 0.1) is 6.61 Å². The van der Waals surface area contributed by atoms with Gasteiger partial charge in [0.1, 0.15) is 6.61 Å². The van der Waals surface area contributed by atoms with Crippen molar-refractivity contribution in [2.45, 2.75) is 13.5 Å². The molecule has 0 heterocycles. The van der Waals surface area contributed by atoms with Gasteiger partial charge in [-0.3, -0.25) is 4.79 Å².